The summed E-state index contributed by atoms with van der Waals surface area (Å²) in [6, 6.07) is 0.830. The molecule has 120 valence electrons. The van der Waals surface area contributed by atoms with Crippen LogP contribution in [0.1, 0.15) is 51.9 Å². The van der Waals surface area contributed by atoms with Crippen molar-refractivity contribution >= 4 is 11.9 Å². The average Bonchev–Trinajstić information content (AvgIpc) is 2.99. The summed E-state index contributed by atoms with van der Waals surface area (Å²) in [6.45, 7) is 3.45. The molecule has 0 bridgehead atoms. The van der Waals surface area contributed by atoms with E-state index in [9.17, 15) is 9.59 Å². The maximum absolute atomic E-state index is 12.3. The highest BCUT2D eigenvalue weighted by Crippen LogP contribution is 2.21. The molecule has 1 amide bonds. The Morgan fingerprint density at radius 3 is 2.38 bits per heavy atom. The molecule has 1 N–H and O–H groups in total. The molecule has 0 spiro atoms. The van der Waals surface area contributed by atoms with Gasteiger partial charge in [-0.2, -0.15) is 0 Å². The first-order chi connectivity index (χ1) is 10.1. The lowest BCUT2D eigenvalue weighted by molar-refractivity contribution is -0.149. The topological polar surface area (TPSA) is 58.6 Å². The van der Waals surface area contributed by atoms with Crippen LogP contribution in [0, 0.1) is 5.92 Å². The minimum atomic E-state index is -0.140. The fourth-order valence-corrected chi connectivity index (χ4v) is 3.48. The van der Waals surface area contributed by atoms with Gasteiger partial charge in [-0.15, -0.1) is 0 Å². The van der Waals surface area contributed by atoms with Gasteiger partial charge in [-0.25, -0.2) is 0 Å². The van der Waals surface area contributed by atoms with Crippen molar-refractivity contribution in [3.63, 3.8) is 0 Å². The van der Waals surface area contributed by atoms with Crippen molar-refractivity contribution in [2.24, 2.45) is 5.92 Å². The van der Waals surface area contributed by atoms with Crippen LogP contribution in [0.15, 0.2) is 0 Å². The summed E-state index contributed by atoms with van der Waals surface area (Å²) in [5.74, 6) is 0.0303. The summed E-state index contributed by atoms with van der Waals surface area (Å²) < 4.78 is 4.77. The standard InChI is InChI=1S/C16H28N2O3/c1-12(17-14-5-3-4-6-14)11-15(19)18-9-7-13(8-10-18)16(20)21-2/h12-14,17H,3-11H2,1-2H3/t12-/m0/s1. The second kappa shape index (κ2) is 7.78. The van der Waals surface area contributed by atoms with Crippen LogP contribution >= 0.6 is 0 Å². The molecular weight excluding hydrogens is 268 g/mol. The average molecular weight is 296 g/mol. The van der Waals surface area contributed by atoms with Crippen molar-refractivity contribution in [2.75, 3.05) is 20.2 Å². The number of methoxy groups -OCH3 is 1. The highest BCUT2D eigenvalue weighted by atomic mass is 16.5. The Labute approximate surface area is 127 Å². The van der Waals surface area contributed by atoms with E-state index in [-0.39, 0.29) is 23.8 Å². The zero-order valence-corrected chi connectivity index (χ0v) is 13.3. The van der Waals surface area contributed by atoms with Crippen LogP contribution in [-0.4, -0.2) is 49.1 Å². The Morgan fingerprint density at radius 2 is 1.81 bits per heavy atom. The predicted octanol–water partition coefficient (Wildman–Crippen LogP) is 1.71. The molecule has 0 radical (unpaired) electrons. The van der Waals surface area contributed by atoms with Gasteiger partial charge in [0, 0.05) is 31.6 Å². The number of ether oxygens (including phenoxy) is 1. The van der Waals surface area contributed by atoms with Crippen molar-refractivity contribution in [1.82, 2.24) is 10.2 Å². The number of esters is 1. The molecule has 5 heteroatoms. The number of carbonyl (C=O) groups excluding carboxylic acids is 2. The SMILES string of the molecule is COC(=O)C1CCN(C(=O)C[C@H](C)NC2CCCC2)CC1. The second-order valence-electron chi connectivity index (χ2n) is 6.43. The molecule has 21 heavy (non-hydrogen) atoms. The minimum Gasteiger partial charge on any atom is -0.469 e. The lowest BCUT2D eigenvalue weighted by Gasteiger charge is -2.31. The van der Waals surface area contributed by atoms with Gasteiger partial charge in [0.05, 0.1) is 13.0 Å². The van der Waals surface area contributed by atoms with Crippen molar-refractivity contribution in [1.29, 1.82) is 0 Å². The monoisotopic (exact) mass is 296 g/mol. The van der Waals surface area contributed by atoms with Crippen molar-refractivity contribution in [3.05, 3.63) is 0 Å². The molecule has 1 heterocycles. The van der Waals surface area contributed by atoms with Crippen LogP contribution < -0.4 is 5.32 Å². The van der Waals surface area contributed by atoms with Crippen LogP contribution in [-0.2, 0) is 14.3 Å². The third-order valence-electron chi connectivity index (χ3n) is 4.74. The minimum absolute atomic E-state index is 0.0342. The van der Waals surface area contributed by atoms with Gasteiger partial charge >= 0.3 is 5.97 Å². The first-order valence-electron chi connectivity index (χ1n) is 8.21. The summed E-state index contributed by atoms with van der Waals surface area (Å²) in [7, 11) is 1.43. The van der Waals surface area contributed by atoms with Gasteiger partial charge in [0.1, 0.15) is 0 Å². The van der Waals surface area contributed by atoms with Crippen LogP contribution in [0.5, 0.6) is 0 Å². The zero-order valence-electron chi connectivity index (χ0n) is 13.3. The van der Waals surface area contributed by atoms with Crippen molar-refractivity contribution in [3.8, 4) is 0 Å². The fraction of sp³-hybridized carbons (Fsp3) is 0.875. The van der Waals surface area contributed by atoms with Gasteiger partial charge in [-0.1, -0.05) is 12.8 Å². The zero-order chi connectivity index (χ0) is 15.2. The Kier molecular flexibility index (Phi) is 6.03. The van der Waals surface area contributed by atoms with Crippen molar-refractivity contribution < 1.29 is 14.3 Å². The number of nitrogens with zero attached hydrogens (tertiary/aromatic N) is 1. The Morgan fingerprint density at radius 1 is 1.19 bits per heavy atom. The number of nitrogens with one attached hydrogen (secondary N) is 1. The van der Waals surface area contributed by atoms with E-state index in [1.807, 2.05) is 4.90 Å². The first-order valence-corrected chi connectivity index (χ1v) is 8.21. The quantitative estimate of drug-likeness (QED) is 0.785. The lowest BCUT2D eigenvalue weighted by Crippen LogP contribution is -2.44. The normalized spacial score (nSPS) is 22.3. The van der Waals surface area contributed by atoms with Gasteiger partial charge in [-0.05, 0) is 32.6 Å². The molecule has 1 aliphatic heterocycles. The molecule has 0 aromatic carbocycles. The number of hydrogen-bond donors (Lipinski definition) is 1. The highest BCUT2D eigenvalue weighted by molar-refractivity contribution is 5.77. The maximum atomic E-state index is 12.3. The number of rotatable bonds is 5. The van der Waals surface area contributed by atoms with Crippen LogP contribution in [0.4, 0.5) is 0 Å². The highest BCUT2D eigenvalue weighted by Gasteiger charge is 2.28. The number of piperidine rings is 1. The maximum Gasteiger partial charge on any atom is 0.308 e. The number of hydrogen-bond acceptors (Lipinski definition) is 4. The smallest absolute Gasteiger partial charge is 0.308 e. The molecule has 2 rings (SSSR count). The summed E-state index contributed by atoms with van der Waals surface area (Å²) in [4.78, 5) is 25.7. The van der Waals surface area contributed by atoms with Crippen LogP contribution in [0.25, 0.3) is 0 Å². The molecule has 1 saturated heterocycles. The van der Waals surface area contributed by atoms with E-state index in [1.54, 1.807) is 0 Å². The number of amides is 1. The van der Waals surface area contributed by atoms with Crippen LogP contribution in [0.2, 0.25) is 0 Å². The Balaban J connectivity index is 1.70. The molecule has 2 aliphatic rings. The first kappa shape index (κ1) is 16.3. The predicted molar refractivity (Wildman–Crippen MR) is 80.8 cm³/mol. The van der Waals surface area contributed by atoms with Crippen LogP contribution in [0.3, 0.4) is 0 Å². The van der Waals surface area contributed by atoms with E-state index in [1.165, 1.54) is 32.8 Å². The van der Waals surface area contributed by atoms with Gasteiger partial charge < -0.3 is 15.0 Å². The molecule has 1 saturated carbocycles. The molecule has 0 unspecified atom stereocenters. The van der Waals surface area contributed by atoms with Gasteiger partial charge in [0.25, 0.3) is 0 Å². The Hall–Kier alpha value is -1.10. The molecule has 5 nitrogen and oxygen atoms in total. The van der Waals surface area contributed by atoms with E-state index in [0.29, 0.717) is 25.6 Å². The summed E-state index contributed by atoms with van der Waals surface area (Å²) in [5.41, 5.74) is 0. The molecule has 1 atom stereocenters. The molecule has 0 aromatic heterocycles. The molecule has 1 aliphatic carbocycles. The second-order valence-corrected chi connectivity index (χ2v) is 6.43. The number of likely N-dealkylation sites (tertiary alicyclic amines) is 1. The summed E-state index contributed by atoms with van der Waals surface area (Å²) in [5, 5.41) is 3.56. The van der Waals surface area contributed by atoms with Gasteiger partial charge in [0.15, 0.2) is 0 Å². The Bertz CT molecular complexity index is 359. The summed E-state index contributed by atoms with van der Waals surface area (Å²) >= 11 is 0. The third kappa shape index (κ3) is 4.70. The lowest BCUT2D eigenvalue weighted by atomic mass is 9.96. The van der Waals surface area contributed by atoms with Gasteiger partial charge in [0.2, 0.25) is 5.91 Å². The van der Waals surface area contributed by atoms with Crippen molar-refractivity contribution in [2.45, 2.75) is 64.0 Å². The molecule has 2 fully saturated rings. The summed E-state index contributed by atoms with van der Waals surface area (Å²) in [6.07, 6.45) is 7.09. The van der Waals surface area contributed by atoms with E-state index >= 15 is 0 Å². The van der Waals surface area contributed by atoms with E-state index in [2.05, 4.69) is 12.2 Å². The van der Waals surface area contributed by atoms with E-state index in [4.69, 9.17) is 4.74 Å². The third-order valence-corrected chi connectivity index (χ3v) is 4.74. The largest absolute Gasteiger partial charge is 0.469 e. The van der Waals surface area contributed by atoms with Gasteiger partial charge in [-0.3, -0.25) is 9.59 Å². The number of carbonyl (C=O) groups is 2. The van der Waals surface area contributed by atoms with E-state index < -0.39 is 0 Å². The fourth-order valence-electron chi connectivity index (χ4n) is 3.48. The van der Waals surface area contributed by atoms with E-state index in [0.717, 1.165) is 12.8 Å². The molecular formula is C16H28N2O3. The molecule has 0 aromatic rings.